The van der Waals surface area contributed by atoms with E-state index in [1.807, 2.05) is 29.8 Å². The quantitative estimate of drug-likeness (QED) is 0.874. The summed E-state index contributed by atoms with van der Waals surface area (Å²) in [6, 6.07) is 5.72. The Balaban J connectivity index is 2.37. The van der Waals surface area contributed by atoms with Gasteiger partial charge >= 0.3 is 0 Å². The summed E-state index contributed by atoms with van der Waals surface area (Å²) in [7, 11) is 5.30. The molecule has 5 nitrogen and oxygen atoms in total. The number of benzene rings is 1. The number of hydrogen-bond acceptors (Lipinski definition) is 4. The highest BCUT2D eigenvalue weighted by atomic mass is 16.5. The smallest absolute Gasteiger partial charge is 0.126 e. The van der Waals surface area contributed by atoms with Crippen LogP contribution in [0.2, 0.25) is 0 Å². The first-order chi connectivity index (χ1) is 8.67. The number of fused-ring (bicyclic) bond motifs is 1. The van der Waals surface area contributed by atoms with Crippen molar-refractivity contribution in [1.82, 2.24) is 9.55 Å². The normalized spacial score (nSPS) is 12.9. The highest BCUT2D eigenvalue weighted by Crippen LogP contribution is 2.23. The van der Waals surface area contributed by atoms with Gasteiger partial charge in [0, 0.05) is 26.8 Å². The maximum Gasteiger partial charge on any atom is 0.126 e. The first-order valence-electron chi connectivity index (χ1n) is 5.92. The average molecular weight is 249 g/mol. The van der Waals surface area contributed by atoms with Gasteiger partial charge in [-0.3, -0.25) is 0 Å². The lowest BCUT2D eigenvalue weighted by Gasteiger charge is -2.10. The van der Waals surface area contributed by atoms with E-state index < -0.39 is 0 Å². The van der Waals surface area contributed by atoms with E-state index >= 15 is 0 Å². The molecule has 0 radical (unpaired) electrons. The van der Waals surface area contributed by atoms with Crippen LogP contribution in [-0.4, -0.2) is 30.4 Å². The molecule has 0 bridgehead atoms. The van der Waals surface area contributed by atoms with Crippen LogP contribution in [0, 0.1) is 0 Å². The molecule has 2 aromatic rings. The Morgan fingerprint density at radius 3 is 2.83 bits per heavy atom. The van der Waals surface area contributed by atoms with Crippen molar-refractivity contribution >= 4 is 11.0 Å². The molecule has 18 heavy (non-hydrogen) atoms. The SMILES string of the molecule is COCCC(N)c1nc2cc(OC)ccc2n1C. The monoisotopic (exact) mass is 249 g/mol. The molecule has 1 aromatic heterocycles. The molecule has 98 valence electrons. The van der Waals surface area contributed by atoms with Crippen molar-refractivity contribution in [3.05, 3.63) is 24.0 Å². The van der Waals surface area contributed by atoms with E-state index in [9.17, 15) is 0 Å². The van der Waals surface area contributed by atoms with Crippen molar-refractivity contribution in [1.29, 1.82) is 0 Å². The number of nitrogens with two attached hydrogens (primary N) is 1. The molecule has 0 aliphatic heterocycles. The number of nitrogens with zero attached hydrogens (tertiary/aromatic N) is 2. The van der Waals surface area contributed by atoms with Gasteiger partial charge < -0.3 is 19.8 Å². The lowest BCUT2D eigenvalue weighted by atomic mass is 10.2. The summed E-state index contributed by atoms with van der Waals surface area (Å²) in [5.74, 6) is 1.67. The van der Waals surface area contributed by atoms with E-state index in [0.29, 0.717) is 6.61 Å². The van der Waals surface area contributed by atoms with Crippen LogP contribution in [-0.2, 0) is 11.8 Å². The van der Waals surface area contributed by atoms with E-state index in [-0.39, 0.29) is 6.04 Å². The lowest BCUT2D eigenvalue weighted by molar-refractivity contribution is 0.187. The molecule has 5 heteroatoms. The fourth-order valence-electron chi connectivity index (χ4n) is 2.03. The summed E-state index contributed by atoms with van der Waals surface area (Å²) in [6.07, 6.45) is 0.755. The molecule has 2 N–H and O–H groups in total. The maximum absolute atomic E-state index is 6.12. The molecule has 0 fully saturated rings. The summed E-state index contributed by atoms with van der Waals surface area (Å²) < 4.78 is 12.3. The second-order valence-corrected chi connectivity index (χ2v) is 4.27. The second kappa shape index (κ2) is 5.37. The molecule has 0 aliphatic rings. The number of imidazole rings is 1. The zero-order valence-corrected chi connectivity index (χ0v) is 11.0. The van der Waals surface area contributed by atoms with Crippen LogP contribution < -0.4 is 10.5 Å². The van der Waals surface area contributed by atoms with Crippen LogP contribution in [0.1, 0.15) is 18.3 Å². The van der Waals surface area contributed by atoms with Gasteiger partial charge in [-0.1, -0.05) is 0 Å². The third-order valence-corrected chi connectivity index (χ3v) is 3.09. The third-order valence-electron chi connectivity index (χ3n) is 3.09. The molecule has 1 heterocycles. The van der Waals surface area contributed by atoms with Crippen molar-refractivity contribution < 1.29 is 9.47 Å². The van der Waals surface area contributed by atoms with E-state index in [4.69, 9.17) is 15.2 Å². The Hall–Kier alpha value is -1.59. The summed E-state index contributed by atoms with van der Waals surface area (Å²) >= 11 is 0. The van der Waals surface area contributed by atoms with Crippen LogP contribution >= 0.6 is 0 Å². The van der Waals surface area contributed by atoms with Crippen LogP contribution in [0.3, 0.4) is 0 Å². The maximum atomic E-state index is 6.12. The number of rotatable bonds is 5. The highest BCUT2D eigenvalue weighted by Gasteiger charge is 2.15. The van der Waals surface area contributed by atoms with E-state index in [1.54, 1.807) is 14.2 Å². The first kappa shape index (κ1) is 12.9. The predicted molar refractivity (Wildman–Crippen MR) is 70.7 cm³/mol. The van der Waals surface area contributed by atoms with Crippen molar-refractivity contribution in [2.75, 3.05) is 20.8 Å². The number of aryl methyl sites for hydroxylation is 1. The van der Waals surface area contributed by atoms with Crippen molar-refractivity contribution in [2.24, 2.45) is 12.8 Å². The highest BCUT2D eigenvalue weighted by molar-refractivity contribution is 5.77. The summed E-state index contributed by atoms with van der Waals surface area (Å²) in [4.78, 5) is 4.58. The van der Waals surface area contributed by atoms with E-state index in [0.717, 1.165) is 29.0 Å². The first-order valence-corrected chi connectivity index (χ1v) is 5.92. The third kappa shape index (κ3) is 2.32. The number of ether oxygens (including phenoxy) is 2. The number of aromatic nitrogens is 2. The minimum absolute atomic E-state index is 0.117. The van der Waals surface area contributed by atoms with Crippen LogP contribution in [0.25, 0.3) is 11.0 Å². The number of methoxy groups -OCH3 is 2. The van der Waals surface area contributed by atoms with Gasteiger partial charge in [-0.15, -0.1) is 0 Å². The fraction of sp³-hybridized carbons (Fsp3) is 0.462. The molecule has 0 amide bonds. The zero-order valence-electron chi connectivity index (χ0n) is 11.0. The molecular formula is C13H19N3O2. The predicted octanol–water partition coefficient (Wildman–Crippen LogP) is 1.62. The van der Waals surface area contributed by atoms with Gasteiger partial charge in [-0.05, 0) is 18.6 Å². The van der Waals surface area contributed by atoms with Gasteiger partial charge in [0.1, 0.15) is 11.6 Å². The van der Waals surface area contributed by atoms with E-state index in [2.05, 4.69) is 4.98 Å². The van der Waals surface area contributed by atoms with Crippen molar-refractivity contribution in [3.63, 3.8) is 0 Å². The Bertz CT molecular complexity index is 536. The molecule has 0 spiro atoms. The van der Waals surface area contributed by atoms with Gasteiger partial charge in [0.05, 0.1) is 24.2 Å². The molecule has 0 saturated carbocycles. The largest absolute Gasteiger partial charge is 0.497 e. The summed E-state index contributed by atoms with van der Waals surface area (Å²) in [5.41, 5.74) is 8.08. The summed E-state index contributed by atoms with van der Waals surface area (Å²) in [5, 5.41) is 0. The summed E-state index contributed by atoms with van der Waals surface area (Å²) in [6.45, 7) is 0.633. The minimum atomic E-state index is -0.117. The Morgan fingerprint density at radius 2 is 2.17 bits per heavy atom. The van der Waals surface area contributed by atoms with Gasteiger partial charge in [-0.25, -0.2) is 4.98 Å². The lowest BCUT2D eigenvalue weighted by Crippen LogP contribution is -2.17. The topological polar surface area (TPSA) is 62.3 Å². The second-order valence-electron chi connectivity index (χ2n) is 4.27. The average Bonchev–Trinajstić information content (AvgIpc) is 2.72. The van der Waals surface area contributed by atoms with Gasteiger partial charge in [0.15, 0.2) is 0 Å². The van der Waals surface area contributed by atoms with Gasteiger partial charge in [0.2, 0.25) is 0 Å². The van der Waals surface area contributed by atoms with Crippen LogP contribution in [0.15, 0.2) is 18.2 Å². The Labute approximate surface area is 107 Å². The van der Waals surface area contributed by atoms with Gasteiger partial charge in [0.25, 0.3) is 0 Å². The molecule has 2 rings (SSSR count). The van der Waals surface area contributed by atoms with Gasteiger partial charge in [-0.2, -0.15) is 0 Å². The Morgan fingerprint density at radius 1 is 1.39 bits per heavy atom. The minimum Gasteiger partial charge on any atom is -0.497 e. The standard InChI is InChI=1S/C13H19N3O2/c1-16-12-5-4-9(18-3)8-11(12)15-13(16)10(14)6-7-17-2/h4-5,8,10H,6-7,14H2,1-3H3. The Kier molecular flexibility index (Phi) is 3.84. The molecule has 1 atom stereocenters. The van der Waals surface area contributed by atoms with Crippen LogP contribution in [0.4, 0.5) is 0 Å². The van der Waals surface area contributed by atoms with Crippen LogP contribution in [0.5, 0.6) is 5.75 Å². The van der Waals surface area contributed by atoms with Crippen molar-refractivity contribution in [3.8, 4) is 5.75 Å². The molecule has 0 aliphatic carbocycles. The molecule has 1 unspecified atom stereocenters. The molecule has 0 saturated heterocycles. The number of hydrogen-bond donors (Lipinski definition) is 1. The fourth-order valence-corrected chi connectivity index (χ4v) is 2.03. The van der Waals surface area contributed by atoms with Crippen molar-refractivity contribution in [2.45, 2.75) is 12.5 Å². The molecule has 1 aromatic carbocycles. The molecular weight excluding hydrogens is 230 g/mol. The van der Waals surface area contributed by atoms with E-state index in [1.165, 1.54) is 0 Å². The zero-order chi connectivity index (χ0) is 13.1.